The Kier molecular flexibility index (Phi) is 5.75. The highest BCUT2D eigenvalue weighted by atomic mass is 35.5. The van der Waals surface area contributed by atoms with Gasteiger partial charge in [0.05, 0.1) is 0 Å². The van der Waals surface area contributed by atoms with Crippen LogP contribution in [0.4, 0.5) is 0 Å². The Bertz CT molecular complexity index is 192. The Balaban J connectivity index is 4.03. The normalized spacial score (nSPS) is 12.9. The zero-order valence-electron chi connectivity index (χ0n) is 8.09. The fourth-order valence-corrected chi connectivity index (χ4v) is 1.27. The molecule has 0 saturated heterocycles. The van der Waals surface area contributed by atoms with Crippen molar-refractivity contribution in [3.8, 4) is 0 Å². The van der Waals surface area contributed by atoms with Crippen molar-refractivity contribution in [2.75, 3.05) is 26.5 Å². The van der Waals surface area contributed by atoms with Gasteiger partial charge in [-0.25, -0.2) is 4.79 Å². The number of hydrogen-bond donors (Lipinski definition) is 1. The molecule has 13 heavy (non-hydrogen) atoms. The van der Waals surface area contributed by atoms with Crippen LogP contribution in [0.1, 0.15) is 6.42 Å². The Labute approximate surface area is 84.0 Å². The Morgan fingerprint density at radius 3 is 2.46 bits per heavy atom. The standard InChI is InChI=1S/C9H16ClNO2/c1-7(9(12)13)8(6-10)4-5-11(2)3/h8H,1,4-6H2,2-3H3,(H,12,13). The molecule has 1 unspecified atom stereocenters. The van der Waals surface area contributed by atoms with E-state index in [4.69, 9.17) is 16.7 Å². The van der Waals surface area contributed by atoms with Crippen molar-refractivity contribution in [2.45, 2.75) is 6.42 Å². The number of alkyl halides is 1. The van der Waals surface area contributed by atoms with E-state index in [1.54, 1.807) is 0 Å². The van der Waals surface area contributed by atoms with Gasteiger partial charge in [0.15, 0.2) is 0 Å². The quantitative estimate of drug-likeness (QED) is 0.527. The third-order valence-corrected chi connectivity index (χ3v) is 2.25. The molecule has 3 nitrogen and oxygen atoms in total. The second-order valence-corrected chi connectivity index (χ2v) is 3.58. The number of aliphatic carboxylic acids is 1. The summed E-state index contributed by atoms with van der Waals surface area (Å²) in [5, 5.41) is 8.68. The summed E-state index contributed by atoms with van der Waals surface area (Å²) in [5.74, 6) is -0.759. The molecule has 0 fully saturated rings. The molecule has 0 aliphatic heterocycles. The van der Waals surface area contributed by atoms with Crippen LogP contribution < -0.4 is 0 Å². The summed E-state index contributed by atoms with van der Waals surface area (Å²) in [6.07, 6.45) is 0.738. The first kappa shape index (κ1) is 12.5. The van der Waals surface area contributed by atoms with Crippen molar-refractivity contribution in [2.24, 2.45) is 5.92 Å². The van der Waals surface area contributed by atoms with Crippen molar-refractivity contribution in [1.82, 2.24) is 4.90 Å². The van der Waals surface area contributed by atoms with Crippen molar-refractivity contribution in [3.63, 3.8) is 0 Å². The summed E-state index contributed by atoms with van der Waals surface area (Å²) in [6, 6.07) is 0. The van der Waals surface area contributed by atoms with E-state index < -0.39 is 5.97 Å². The highest BCUT2D eigenvalue weighted by molar-refractivity contribution is 6.18. The second kappa shape index (κ2) is 6.00. The zero-order valence-corrected chi connectivity index (χ0v) is 8.84. The molecule has 76 valence electrons. The molecule has 0 heterocycles. The lowest BCUT2D eigenvalue weighted by atomic mass is 9.99. The van der Waals surface area contributed by atoms with E-state index in [1.807, 2.05) is 19.0 Å². The Morgan fingerprint density at radius 1 is 1.62 bits per heavy atom. The first-order valence-electron chi connectivity index (χ1n) is 4.11. The van der Waals surface area contributed by atoms with Gasteiger partial charge in [-0.2, -0.15) is 0 Å². The van der Waals surface area contributed by atoms with Gasteiger partial charge in [0.25, 0.3) is 0 Å². The van der Waals surface area contributed by atoms with E-state index in [9.17, 15) is 4.79 Å². The van der Waals surface area contributed by atoms with Crippen molar-refractivity contribution in [3.05, 3.63) is 12.2 Å². The van der Waals surface area contributed by atoms with Gasteiger partial charge in [0.1, 0.15) is 0 Å². The minimum absolute atomic E-state index is 0.124. The van der Waals surface area contributed by atoms with E-state index in [-0.39, 0.29) is 11.5 Å². The molecule has 0 saturated carbocycles. The predicted molar refractivity (Wildman–Crippen MR) is 54.2 cm³/mol. The van der Waals surface area contributed by atoms with Crippen LogP contribution in [0.25, 0.3) is 0 Å². The maximum atomic E-state index is 10.6. The van der Waals surface area contributed by atoms with E-state index in [0.717, 1.165) is 13.0 Å². The van der Waals surface area contributed by atoms with E-state index in [0.29, 0.717) is 5.88 Å². The molecule has 1 N–H and O–H groups in total. The van der Waals surface area contributed by atoms with Crippen LogP contribution in [-0.2, 0) is 4.79 Å². The van der Waals surface area contributed by atoms with Crippen LogP contribution in [0.2, 0.25) is 0 Å². The SMILES string of the molecule is C=C(C(=O)O)C(CCl)CCN(C)C. The third kappa shape index (κ3) is 4.90. The number of carbonyl (C=O) groups is 1. The lowest BCUT2D eigenvalue weighted by molar-refractivity contribution is -0.133. The fourth-order valence-electron chi connectivity index (χ4n) is 0.933. The second-order valence-electron chi connectivity index (χ2n) is 3.27. The summed E-state index contributed by atoms with van der Waals surface area (Å²) in [6.45, 7) is 4.32. The van der Waals surface area contributed by atoms with Crippen LogP contribution >= 0.6 is 11.6 Å². The highest BCUT2D eigenvalue weighted by Gasteiger charge is 2.17. The largest absolute Gasteiger partial charge is 0.478 e. The van der Waals surface area contributed by atoms with Crippen LogP contribution in [0.3, 0.4) is 0 Å². The highest BCUT2D eigenvalue weighted by Crippen LogP contribution is 2.15. The van der Waals surface area contributed by atoms with Gasteiger partial charge in [-0.15, -0.1) is 11.6 Å². The van der Waals surface area contributed by atoms with Crippen LogP contribution in [0, 0.1) is 5.92 Å². The molecule has 0 aliphatic rings. The van der Waals surface area contributed by atoms with Crippen LogP contribution in [0.15, 0.2) is 12.2 Å². The van der Waals surface area contributed by atoms with Gasteiger partial charge in [-0.1, -0.05) is 6.58 Å². The van der Waals surface area contributed by atoms with Gasteiger partial charge in [0, 0.05) is 17.4 Å². The maximum absolute atomic E-state index is 10.6. The van der Waals surface area contributed by atoms with Crippen LogP contribution in [0.5, 0.6) is 0 Å². The van der Waals surface area contributed by atoms with Crippen molar-refractivity contribution in [1.29, 1.82) is 0 Å². The lowest BCUT2D eigenvalue weighted by Gasteiger charge is -2.16. The molecule has 0 bridgehead atoms. The van der Waals surface area contributed by atoms with E-state index >= 15 is 0 Å². The van der Waals surface area contributed by atoms with Crippen molar-refractivity contribution >= 4 is 17.6 Å². The minimum Gasteiger partial charge on any atom is -0.478 e. The maximum Gasteiger partial charge on any atom is 0.331 e. The van der Waals surface area contributed by atoms with Crippen LogP contribution in [-0.4, -0.2) is 42.5 Å². The fraction of sp³-hybridized carbons (Fsp3) is 0.667. The van der Waals surface area contributed by atoms with Gasteiger partial charge >= 0.3 is 5.97 Å². The van der Waals surface area contributed by atoms with Gasteiger partial charge in [-0.3, -0.25) is 0 Å². The molecular formula is C9H16ClNO2. The van der Waals surface area contributed by atoms with Crippen molar-refractivity contribution < 1.29 is 9.90 Å². The molecule has 0 rings (SSSR count). The first-order valence-corrected chi connectivity index (χ1v) is 4.65. The summed E-state index contributed by atoms with van der Waals surface area (Å²) < 4.78 is 0. The number of nitrogens with zero attached hydrogens (tertiary/aromatic N) is 1. The van der Waals surface area contributed by atoms with Gasteiger partial charge in [-0.05, 0) is 27.1 Å². The van der Waals surface area contributed by atoms with E-state index in [2.05, 4.69) is 6.58 Å². The zero-order chi connectivity index (χ0) is 10.4. The third-order valence-electron chi connectivity index (χ3n) is 1.88. The smallest absolute Gasteiger partial charge is 0.331 e. The summed E-state index contributed by atoms with van der Waals surface area (Å²) in [5.41, 5.74) is 0.205. The molecule has 0 aromatic heterocycles. The Morgan fingerprint density at radius 2 is 2.15 bits per heavy atom. The minimum atomic E-state index is -0.954. The summed E-state index contributed by atoms with van der Waals surface area (Å²) >= 11 is 5.65. The number of halogens is 1. The lowest BCUT2D eigenvalue weighted by Crippen LogP contribution is -2.20. The molecule has 0 aromatic rings. The molecule has 4 heteroatoms. The number of carboxylic acid groups (broad SMARTS) is 1. The molecule has 1 atom stereocenters. The molecule has 0 aromatic carbocycles. The summed E-state index contributed by atoms with van der Waals surface area (Å²) in [4.78, 5) is 12.6. The molecule has 0 amide bonds. The first-order chi connectivity index (χ1) is 5.99. The van der Waals surface area contributed by atoms with E-state index in [1.165, 1.54) is 0 Å². The number of hydrogen-bond acceptors (Lipinski definition) is 2. The number of rotatable bonds is 6. The molecular weight excluding hydrogens is 190 g/mol. The predicted octanol–water partition coefficient (Wildman–Crippen LogP) is 1.43. The molecule has 0 aliphatic carbocycles. The molecule has 0 radical (unpaired) electrons. The average molecular weight is 206 g/mol. The number of carboxylic acids is 1. The van der Waals surface area contributed by atoms with Gasteiger partial charge < -0.3 is 10.0 Å². The average Bonchev–Trinajstić information content (AvgIpc) is 2.04. The molecule has 0 spiro atoms. The monoisotopic (exact) mass is 205 g/mol. The summed E-state index contributed by atoms with van der Waals surface area (Å²) in [7, 11) is 3.88. The van der Waals surface area contributed by atoms with Gasteiger partial charge in [0.2, 0.25) is 0 Å². The topological polar surface area (TPSA) is 40.5 Å². The Hall–Kier alpha value is -0.540.